The molecule has 1 saturated heterocycles. The number of methoxy groups -OCH3 is 2. The number of aryl methyl sites for hydroxylation is 2. The van der Waals surface area contributed by atoms with Crippen LogP contribution in [0.15, 0.2) is 67.0 Å². The standard InChI is InChI=1S/C35H38N8O3/c1-22-26(27-18-25(45-3)9-10-30(27)37-22)19-33(44)43-16-15-42(21-24-11-13-41(2)40-24)14-12-32(43)34-36-20-31(38-34)28-17-23-7-5-6-8-29(23)39-35(28)46-4/h5-11,13,17-18,20,32,37H,12,14-16,19,21H2,1-4H3,(H,36,38). The zero-order valence-corrected chi connectivity index (χ0v) is 26.6. The number of para-hydroxylation sites is 1. The van der Waals surface area contributed by atoms with Gasteiger partial charge in [0.1, 0.15) is 11.6 Å². The Morgan fingerprint density at radius 3 is 2.70 bits per heavy atom. The number of pyridine rings is 1. The van der Waals surface area contributed by atoms with E-state index in [-0.39, 0.29) is 18.4 Å². The number of fused-ring (bicyclic) bond motifs is 2. The Morgan fingerprint density at radius 1 is 1.02 bits per heavy atom. The number of H-pyrrole nitrogens is 2. The Morgan fingerprint density at radius 2 is 1.89 bits per heavy atom. The summed E-state index contributed by atoms with van der Waals surface area (Å²) < 4.78 is 13.0. The molecule has 6 aromatic rings. The van der Waals surface area contributed by atoms with E-state index in [2.05, 4.69) is 26.0 Å². The van der Waals surface area contributed by atoms with Crippen molar-refractivity contribution in [3.8, 4) is 22.9 Å². The van der Waals surface area contributed by atoms with Crippen LogP contribution in [0.5, 0.6) is 11.6 Å². The van der Waals surface area contributed by atoms with Crippen molar-refractivity contribution in [3.05, 3.63) is 89.8 Å². The van der Waals surface area contributed by atoms with Crippen LogP contribution in [0.25, 0.3) is 33.1 Å². The van der Waals surface area contributed by atoms with Crippen LogP contribution in [0.2, 0.25) is 0 Å². The highest BCUT2D eigenvalue weighted by Crippen LogP contribution is 2.34. The number of hydrogen-bond acceptors (Lipinski definition) is 7. The number of amides is 1. The highest BCUT2D eigenvalue weighted by molar-refractivity contribution is 5.91. The summed E-state index contributed by atoms with van der Waals surface area (Å²) in [5.41, 5.74) is 6.46. The van der Waals surface area contributed by atoms with Crippen LogP contribution in [0.1, 0.15) is 35.2 Å². The van der Waals surface area contributed by atoms with Gasteiger partial charge in [0.15, 0.2) is 0 Å². The summed E-state index contributed by atoms with van der Waals surface area (Å²) in [5, 5.41) is 6.60. The van der Waals surface area contributed by atoms with Crippen LogP contribution in [0.4, 0.5) is 0 Å². The molecular formula is C35H38N8O3. The summed E-state index contributed by atoms with van der Waals surface area (Å²) in [4.78, 5) is 35.3. The molecule has 0 saturated carbocycles. The number of carbonyl (C=O) groups is 1. The number of nitrogens with one attached hydrogen (secondary N) is 2. The van der Waals surface area contributed by atoms with E-state index in [4.69, 9.17) is 19.4 Å². The van der Waals surface area contributed by atoms with E-state index in [1.807, 2.05) is 84.5 Å². The number of imidazole rings is 1. The van der Waals surface area contributed by atoms with E-state index >= 15 is 0 Å². The quantitative estimate of drug-likeness (QED) is 0.241. The fraction of sp³-hybridized carbons (Fsp3) is 0.314. The molecular weight excluding hydrogens is 580 g/mol. The monoisotopic (exact) mass is 618 g/mol. The summed E-state index contributed by atoms with van der Waals surface area (Å²) in [6.07, 6.45) is 4.77. The van der Waals surface area contributed by atoms with Gasteiger partial charge in [0.05, 0.1) is 55.3 Å². The first kappa shape index (κ1) is 29.5. The Bertz CT molecular complexity index is 2030. The minimum atomic E-state index is -0.241. The summed E-state index contributed by atoms with van der Waals surface area (Å²) in [5.74, 6) is 2.09. The van der Waals surface area contributed by atoms with E-state index in [0.29, 0.717) is 12.4 Å². The molecule has 5 heterocycles. The van der Waals surface area contributed by atoms with Crippen molar-refractivity contribution in [1.29, 1.82) is 0 Å². The maximum Gasteiger partial charge on any atom is 0.227 e. The average molecular weight is 619 g/mol. The molecule has 1 unspecified atom stereocenters. The zero-order valence-electron chi connectivity index (χ0n) is 26.6. The van der Waals surface area contributed by atoms with Gasteiger partial charge in [0, 0.05) is 61.4 Å². The molecule has 236 valence electrons. The number of hydrogen-bond donors (Lipinski definition) is 2. The molecule has 1 aliphatic rings. The lowest BCUT2D eigenvalue weighted by molar-refractivity contribution is -0.133. The number of rotatable bonds is 8. The van der Waals surface area contributed by atoms with Crippen molar-refractivity contribution in [1.82, 2.24) is 39.5 Å². The molecule has 46 heavy (non-hydrogen) atoms. The van der Waals surface area contributed by atoms with Gasteiger partial charge in [-0.3, -0.25) is 14.4 Å². The molecule has 0 radical (unpaired) electrons. The fourth-order valence-corrected chi connectivity index (χ4v) is 6.55. The van der Waals surface area contributed by atoms with Gasteiger partial charge >= 0.3 is 0 Å². The van der Waals surface area contributed by atoms with Gasteiger partial charge in [-0.25, -0.2) is 9.97 Å². The second-order valence-corrected chi connectivity index (χ2v) is 11.9. The summed E-state index contributed by atoms with van der Waals surface area (Å²) in [6.45, 7) is 4.84. The Kier molecular flexibility index (Phi) is 7.91. The van der Waals surface area contributed by atoms with Crippen molar-refractivity contribution < 1.29 is 14.3 Å². The third-order valence-corrected chi connectivity index (χ3v) is 8.97. The second-order valence-electron chi connectivity index (χ2n) is 11.9. The normalized spacial score (nSPS) is 15.8. The first-order valence-electron chi connectivity index (χ1n) is 15.5. The van der Waals surface area contributed by atoms with Crippen LogP contribution in [0, 0.1) is 6.92 Å². The molecule has 0 aliphatic carbocycles. The van der Waals surface area contributed by atoms with Crippen molar-refractivity contribution in [2.75, 3.05) is 33.9 Å². The van der Waals surface area contributed by atoms with Gasteiger partial charge in [-0.2, -0.15) is 5.10 Å². The number of nitrogens with zero attached hydrogens (tertiary/aromatic N) is 6. The summed E-state index contributed by atoms with van der Waals surface area (Å²) in [7, 11) is 5.21. The lowest BCUT2D eigenvalue weighted by Gasteiger charge is -2.28. The van der Waals surface area contributed by atoms with Gasteiger partial charge in [0.2, 0.25) is 11.8 Å². The van der Waals surface area contributed by atoms with Crippen molar-refractivity contribution >= 4 is 27.7 Å². The first-order chi connectivity index (χ1) is 22.4. The lowest BCUT2D eigenvalue weighted by atomic mass is 10.0. The van der Waals surface area contributed by atoms with Crippen LogP contribution >= 0.6 is 0 Å². The number of aromatic amines is 2. The highest BCUT2D eigenvalue weighted by Gasteiger charge is 2.32. The smallest absolute Gasteiger partial charge is 0.227 e. The fourth-order valence-electron chi connectivity index (χ4n) is 6.55. The maximum atomic E-state index is 14.3. The van der Waals surface area contributed by atoms with Crippen LogP contribution in [-0.4, -0.2) is 79.3 Å². The van der Waals surface area contributed by atoms with Crippen molar-refractivity contribution in [2.24, 2.45) is 7.05 Å². The molecule has 2 N–H and O–H groups in total. The number of carbonyl (C=O) groups excluding carboxylic acids is 1. The van der Waals surface area contributed by atoms with Crippen LogP contribution < -0.4 is 9.47 Å². The van der Waals surface area contributed by atoms with E-state index in [1.165, 1.54) is 0 Å². The number of ether oxygens (including phenoxy) is 2. The van der Waals surface area contributed by atoms with Crippen molar-refractivity contribution in [3.63, 3.8) is 0 Å². The molecule has 0 spiro atoms. The van der Waals surface area contributed by atoms with Crippen LogP contribution in [-0.2, 0) is 24.8 Å². The molecule has 2 aromatic carbocycles. The zero-order chi connectivity index (χ0) is 31.8. The molecule has 1 aliphatic heterocycles. The average Bonchev–Trinajstić information content (AvgIpc) is 3.76. The third kappa shape index (κ3) is 5.69. The SMILES string of the molecule is COc1ccc2[nH]c(C)c(CC(=O)N3CCN(Cc4ccn(C)n4)CCC3c3ncc(-c4cc5ccccc5nc4OC)[nH]3)c2c1. The molecule has 0 bridgehead atoms. The van der Waals surface area contributed by atoms with Gasteiger partial charge in [-0.15, -0.1) is 0 Å². The molecule has 1 atom stereocenters. The Balaban J connectivity index is 1.22. The van der Waals surface area contributed by atoms with Gasteiger partial charge in [0.25, 0.3) is 0 Å². The Labute approximate surface area is 267 Å². The van der Waals surface area contributed by atoms with Gasteiger partial charge in [-0.05, 0) is 55.3 Å². The third-order valence-electron chi connectivity index (χ3n) is 8.97. The topological polar surface area (TPSA) is 117 Å². The van der Waals surface area contributed by atoms with E-state index < -0.39 is 0 Å². The Hall–Kier alpha value is -5.16. The second kappa shape index (κ2) is 12.3. The largest absolute Gasteiger partial charge is 0.497 e. The predicted octanol–water partition coefficient (Wildman–Crippen LogP) is 5.18. The molecule has 1 amide bonds. The first-order valence-corrected chi connectivity index (χ1v) is 15.5. The van der Waals surface area contributed by atoms with Crippen LogP contribution in [0.3, 0.4) is 0 Å². The summed E-state index contributed by atoms with van der Waals surface area (Å²) in [6, 6.07) is 17.8. The molecule has 1 fully saturated rings. The lowest BCUT2D eigenvalue weighted by Crippen LogP contribution is -2.38. The number of aromatic nitrogens is 6. The van der Waals surface area contributed by atoms with E-state index in [1.54, 1.807) is 14.2 Å². The minimum absolute atomic E-state index is 0.0550. The van der Waals surface area contributed by atoms with E-state index in [0.717, 1.165) is 87.6 Å². The van der Waals surface area contributed by atoms with Crippen molar-refractivity contribution in [2.45, 2.75) is 32.4 Å². The van der Waals surface area contributed by atoms with Gasteiger partial charge < -0.3 is 24.3 Å². The number of benzene rings is 2. The summed E-state index contributed by atoms with van der Waals surface area (Å²) >= 11 is 0. The minimum Gasteiger partial charge on any atom is -0.497 e. The molecule has 11 heteroatoms. The molecule has 11 nitrogen and oxygen atoms in total. The highest BCUT2D eigenvalue weighted by atomic mass is 16.5. The van der Waals surface area contributed by atoms with E-state index in [9.17, 15) is 4.79 Å². The molecule has 7 rings (SSSR count). The predicted molar refractivity (Wildman–Crippen MR) is 177 cm³/mol. The molecule has 4 aromatic heterocycles. The van der Waals surface area contributed by atoms with Gasteiger partial charge in [-0.1, -0.05) is 18.2 Å². The maximum absolute atomic E-state index is 14.3.